The lowest BCUT2D eigenvalue weighted by Gasteiger charge is -2.05. The van der Waals surface area contributed by atoms with Gasteiger partial charge in [0.25, 0.3) is 5.56 Å². The molecule has 0 N–H and O–H groups in total. The summed E-state index contributed by atoms with van der Waals surface area (Å²) >= 11 is 0. The highest BCUT2D eigenvalue weighted by Gasteiger charge is 2.16. The molecule has 0 atom stereocenters. The second-order valence-electron chi connectivity index (χ2n) is 5.27. The molecule has 0 amide bonds. The SMILES string of the molecule is O=c1c2nnn(-c3ccc(F)cc3F)c2ncn1Cc1ccccn1. The summed E-state index contributed by atoms with van der Waals surface area (Å²) in [5.41, 5.74) is 0.292. The lowest BCUT2D eigenvalue weighted by Crippen LogP contribution is -2.22. The maximum absolute atomic E-state index is 14.0. The highest BCUT2D eigenvalue weighted by atomic mass is 19.1. The zero-order valence-corrected chi connectivity index (χ0v) is 12.7. The molecule has 0 fully saturated rings. The standard InChI is InChI=1S/C16H10F2N6O/c17-10-4-5-13(12(18)7-10)24-15-14(21-22-24)16(25)23(9-20-15)8-11-3-1-2-6-19-11/h1-7,9H,8H2. The fraction of sp³-hybridized carbons (Fsp3) is 0.0625. The second kappa shape index (κ2) is 5.86. The maximum atomic E-state index is 14.0. The quantitative estimate of drug-likeness (QED) is 0.567. The van der Waals surface area contributed by atoms with E-state index in [9.17, 15) is 13.6 Å². The van der Waals surface area contributed by atoms with Gasteiger partial charge in [-0.2, -0.15) is 4.68 Å². The van der Waals surface area contributed by atoms with E-state index in [1.807, 2.05) is 6.07 Å². The Kier molecular flexibility index (Phi) is 3.53. The summed E-state index contributed by atoms with van der Waals surface area (Å²) in [5.74, 6) is -1.54. The van der Waals surface area contributed by atoms with Crippen molar-refractivity contribution in [1.82, 2.24) is 29.5 Å². The molecular weight excluding hydrogens is 330 g/mol. The molecule has 0 saturated heterocycles. The van der Waals surface area contributed by atoms with E-state index in [4.69, 9.17) is 0 Å². The molecule has 0 unspecified atom stereocenters. The molecule has 4 rings (SSSR count). The molecule has 25 heavy (non-hydrogen) atoms. The highest BCUT2D eigenvalue weighted by molar-refractivity contribution is 5.70. The van der Waals surface area contributed by atoms with Crippen LogP contribution in [0.5, 0.6) is 0 Å². The van der Waals surface area contributed by atoms with Crippen LogP contribution in [0.15, 0.2) is 53.7 Å². The summed E-state index contributed by atoms with van der Waals surface area (Å²) < 4.78 is 29.4. The average Bonchev–Trinajstić information content (AvgIpc) is 3.03. The summed E-state index contributed by atoms with van der Waals surface area (Å²) in [6.07, 6.45) is 2.94. The number of benzene rings is 1. The van der Waals surface area contributed by atoms with Crippen molar-refractivity contribution in [3.8, 4) is 5.69 Å². The first kappa shape index (κ1) is 15.1. The Morgan fingerprint density at radius 3 is 2.72 bits per heavy atom. The van der Waals surface area contributed by atoms with Crippen LogP contribution in [0.2, 0.25) is 0 Å². The Hall–Kier alpha value is -3.49. The topological polar surface area (TPSA) is 78.5 Å². The number of hydrogen-bond donors (Lipinski definition) is 0. The van der Waals surface area contributed by atoms with E-state index in [-0.39, 0.29) is 23.4 Å². The fourth-order valence-electron chi connectivity index (χ4n) is 2.44. The van der Waals surface area contributed by atoms with Gasteiger partial charge in [0.2, 0.25) is 0 Å². The van der Waals surface area contributed by atoms with E-state index < -0.39 is 17.2 Å². The van der Waals surface area contributed by atoms with Gasteiger partial charge in [0.15, 0.2) is 17.0 Å². The normalized spacial score (nSPS) is 11.1. The monoisotopic (exact) mass is 340 g/mol. The first-order chi connectivity index (χ1) is 12.1. The predicted octanol–water partition coefficient (Wildman–Crippen LogP) is 1.70. The lowest BCUT2D eigenvalue weighted by atomic mass is 10.3. The maximum Gasteiger partial charge on any atom is 0.283 e. The molecule has 0 bridgehead atoms. The van der Waals surface area contributed by atoms with Crippen LogP contribution in [0.25, 0.3) is 16.9 Å². The van der Waals surface area contributed by atoms with Crippen molar-refractivity contribution < 1.29 is 8.78 Å². The fourth-order valence-corrected chi connectivity index (χ4v) is 2.44. The van der Waals surface area contributed by atoms with E-state index in [0.29, 0.717) is 5.69 Å². The third-order valence-corrected chi connectivity index (χ3v) is 3.63. The van der Waals surface area contributed by atoms with E-state index >= 15 is 0 Å². The largest absolute Gasteiger partial charge is 0.291 e. The molecule has 1 aromatic carbocycles. The molecule has 3 aromatic heterocycles. The summed E-state index contributed by atoms with van der Waals surface area (Å²) in [6.45, 7) is 0.223. The number of pyridine rings is 1. The van der Waals surface area contributed by atoms with Gasteiger partial charge in [-0.15, -0.1) is 5.10 Å². The van der Waals surface area contributed by atoms with Gasteiger partial charge in [-0.3, -0.25) is 14.3 Å². The van der Waals surface area contributed by atoms with Gasteiger partial charge in [-0.25, -0.2) is 13.8 Å². The number of fused-ring (bicyclic) bond motifs is 1. The van der Waals surface area contributed by atoms with E-state index in [2.05, 4.69) is 20.3 Å². The van der Waals surface area contributed by atoms with Gasteiger partial charge in [-0.1, -0.05) is 11.3 Å². The molecule has 0 spiro atoms. The van der Waals surface area contributed by atoms with Gasteiger partial charge < -0.3 is 0 Å². The van der Waals surface area contributed by atoms with Crippen LogP contribution < -0.4 is 5.56 Å². The van der Waals surface area contributed by atoms with Crippen molar-refractivity contribution in [2.75, 3.05) is 0 Å². The third kappa shape index (κ3) is 2.65. The van der Waals surface area contributed by atoms with Crippen molar-refractivity contribution in [3.63, 3.8) is 0 Å². The Morgan fingerprint density at radius 1 is 1.08 bits per heavy atom. The molecule has 124 valence electrons. The lowest BCUT2D eigenvalue weighted by molar-refractivity contribution is 0.573. The number of aromatic nitrogens is 6. The van der Waals surface area contributed by atoms with Crippen molar-refractivity contribution in [2.24, 2.45) is 0 Å². The number of rotatable bonds is 3. The van der Waals surface area contributed by atoms with Crippen LogP contribution in [0, 0.1) is 11.6 Å². The van der Waals surface area contributed by atoms with Crippen LogP contribution in [0.4, 0.5) is 8.78 Å². The van der Waals surface area contributed by atoms with Crippen LogP contribution >= 0.6 is 0 Å². The van der Waals surface area contributed by atoms with Crippen molar-refractivity contribution >= 4 is 11.2 Å². The van der Waals surface area contributed by atoms with Gasteiger partial charge in [0.05, 0.1) is 12.2 Å². The van der Waals surface area contributed by atoms with Gasteiger partial charge in [0.1, 0.15) is 17.8 Å². The second-order valence-corrected chi connectivity index (χ2v) is 5.27. The Bertz CT molecular complexity index is 1120. The smallest absolute Gasteiger partial charge is 0.283 e. The van der Waals surface area contributed by atoms with Crippen LogP contribution in [0.3, 0.4) is 0 Å². The van der Waals surface area contributed by atoms with Crippen molar-refractivity contribution in [2.45, 2.75) is 6.54 Å². The summed E-state index contributed by atoms with van der Waals surface area (Å²) in [6, 6.07) is 8.39. The van der Waals surface area contributed by atoms with Crippen molar-refractivity contribution in [1.29, 1.82) is 0 Å². The third-order valence-electron chi connectivity index (χ3n) is 3.63. The molecule has 0 saturated carbocycles. The first-order valence-corrected chi connectivity index (χ1v) is 7.29. The molecule has 4 aromatic rings. The Labute approximate surface area is 139 Å². The zero-order chi connectivity index (χ0) is 17.4. The molecule has 7 nitrogen and oxygen atoms in total. The highest BCUT2D eigenvalue weighted by Crippen LogP contribution is 2.16. The molecule has 0 aliphatic heterocycles. The molecule has 0 radical (unpaired) electrons. The minimum Gasteiger partial charge on any atom is -0.291 e. The van der Waals surface area contributed by atoms with Crippen LogP contribution in [-0.2, 0) is 6.54 Å². The summed E-state index contributed by atoms with van der Waals surface area (Å²) in [7, 11) is 0. The molecule has 3 heterocycles. The van der Waals surface area contributed by atoms with Gasteiger partial charge in [0, 0.05) is 12.3 Å². The first-order valence-electron chi connectivity index (χ1n) is 7.29. The number of hydrogen-bond acceptors (Lipinski definition) is 5. The van der Waals surface area contributed by atoms with E-state index in [1.54, 1.807) is 18.3 Å². The van der Waals surface area contributed by atoms with Gasteiger partial charge >= 0.3 is 0 Å². The predicted molar refractivity (Wildman–Crippen MR) is 84.2 cm³/mol. The summed E-state index contributed by atoms with van der Waals surface area (Å²) in [5, 5.41) is 7.57. The van der Waals surface area contributed by atoms with Gasteiger partial charge in [-0.05, 0) is 24.3 Å². The number of nitrogens with zero attached hydrogens (tertiary/aromatic N) is 6. The minimum atomic E-state index is -0.828. The van der Waals surface area contributed by atoms with E-state index in [1.165, 1.54) is 17.0 Å². The van der Waals surface area contributed by atoms with E-state index in [0.717, 1.165) is 16.8 Å². The molecular formula is C16H10F2N6O. The van der Waals surface area contributed by atoms with Crippen LogP contribution in [0.1, 0.15) is 5.69 Å². The van der Waals surface area contributed by atoms with Crippen LogP contribution in [-0.4, -0.2) is 29.5 Å². The average molecular weight is 340 g/mol. The molecule has 9 heteroatoms. The summed E-state index contributed by atoms with van der Waals surface area (Å²) in [4.78, 5) is 20.8. The number of halogens is 2. The molecule has 0 aliphatic carbocycles. The van der Waals surface area contributed by atoms with Crippen molar-refractivity contribution in [3.05, 3.63) is 76.6 Å². The Morgan fingerprint density at radius 2 is 1.96 bits per heavy atom. The minimum absolute atomic E-state index is 0.0119. The zero-order valence-electron chi connectivity index (χ0n) is 12.7. The molecule has 0 aliphatic rings. The Balaban J connectivity index is 1.81.